The summed E-state index contributed by atoms with van der Waals surface area (Å²) in [7, 11) is 0. The van der Waals surface area contributed by atoms with Crippen LogP contribution in [0.4, 0.5) is 10.8 Å². The van der Waals surface area contributed by atoms with Gasteiger partial charge in [-0.15, -0.1) is 11.3 Å². The molecule has 0 radical (unpaired) electrons. The lowest BCUT2D eigenvalue weighted by molar-refractivity contribution is -0.117. The third-order valence-corrected chi connectivity index (χ3v) is 5.50. The average Bonchev–Trinajstić information content (AvgIpc) is 3.43. The van der Waals surface area contributed by atoms with E-state index in [4.69, 9.17) is 0 Å². The molecule has 5 nitrogen and oxygen atoms in total. The van der Waals surface area contributed by atoms with Crippen molar-refractivity contribution >= 4 is 34.0 Å². The molecule has 1 aromatic heterocycles. The van der Waals surface area contributed by atoms with Crippen LogP contribution >= 0.6 is 11.3 Å². The van der Waals surface area contributed by atoms with Crippen molar-refractivity contribution < 1.29 is 9.59 Å². The largest absolute Gasteiger partial charge is 0.326 e. The minimum Gasteiger partial charge on any atom is -0.326 e. The van der Waals surface area contributed by atoms with Gasteiger partial charge in [0, 0.05) is 28.1 Å². The highest BCUT2D eigenvalue weighted by atomic mass is 32.1. The van der Waals surface area contributed by atoms with E-state index in [0.717, 1.165) is 29.7 Å². The zero-order valence-corrected chi connectivity index (χ0v) is 16.6. The van der Waals surface area contributed by atoms with Gasteiger partial charge in [0.1, 0.15) is 0 Å². The van der Waals surface area contributed by atoms with Crippen molar-refractivity contribution in [3.63, 3.8) is 0 Å². The van der Waals surface area contributed by atoms with Gasteiger partial charge in [-0.25, -0.2) is 4.98 Å². The first kappa shape index (κ1) is 18.4. The number of nitrogens with zero attached hydrogens (tertiary/aromatic N) is 1. The predicted molar refractivity (Wildman–Crippen MR) is 113 cm³/mol. The molecule has 1 aliphatic carbocycles. The molecule has 0 spiro atoms. The maximum atomic E-state index is 12.5. The molecule has 28 heavy (non-hydrogen) atoms. The highest BCUT2D eigenvalue weighted by Crippen LogP contribution is 2.30. The van der Waals surface area contributed by atoms with Gasteiger partial charge >= 0.3 is 0 Å². The Kier molecular flexibility index (Phi) is 4.96. The summed E-state index contributed by atoms with van der Waals surface area (Å²) >= 11 is 1.40. The molecule has 0 unspecified atom stereocenters. The first-order chi connectivity index (χ1) is 13.5. The second kappa shape index (κ2) is 7.56. The van der Waals surface area contributed by atoms with Gasteiger partial charge in [0.2, 0.25) is 5.91 Å². The Morgan fingerprint density at radius 3 is 2.46 bits per heavy atom. The van der Waals surface area contributed by atoms with Gasteiger partial charge in [-0.05, 0) is 56.5 Å². The predicted octanol–water partition coefficient (Wildman–Crippen LogP) is 5.03. The summed E-state index contributed by atoms with van der Waals surface area (Å²) in [6.45, 7) is 4.12. The van der Waals surface area contributed by atoms with E-state index in [2.05, 4.69) is 47.7 Å². The van der Waals surface area contributed by atoms with Crippen molar-refractivity contribution in [1.29, 1.82) is 0 Å². The number of thiazole rings is 1. The monoisotopic (exact) mass is 391 g/mol. The van der Waals surface area contributed by atoms with Gasteiger partial charge in [0.05, 0.1) is 5.69 Å². The Bertz CT molecular complexity index is 1040. The Hall–Kier alpha value is -2.99. The average molecular weight is 391 g/mol. The summed E-state index contributed by atoms with van der Waals surface area (Å²) in [6.07, 6.45) is 1.93. The first-order valence-electron chi connectivity index (χ1n) is 9.25. The second-order valence-electron chi connectivity index (χ2n) is 7.15. The minimum absolute atomic E-state index is 0.0546. The third kappa shape index (κ3) is 4.12. The molecule has 1 fully saturated rings. The lowest BCUT2D eigenvalue weighted by Crippen LogP contribution is -2.14. The Labute approximate surface area is 167 Å². The summed E-state index contributed by atoms with van der Waals surface area (Å²) in [6, 6.07) is 13.1. The van der Waals surface area contributed by atoms with Crippen LogP contribution in [0.1, 0.15) is 34.3 Å². The molecule has 1 heterocycles. The van der Waals surface area contributed by atoms with Crippen LogP contribution in [-0.2, 0) is 4.79 Å². The lowest BCUT2D eigenvalue weighted by atomic mass is 10.0. The molecule has 3 aromatic rings. The molecule has 0 atom stereocenters. The number of benzene rings is 2. The fourth-order valence-electron chi connectivity index (χ4n) is 3.02. The number of hydrogen-bond donors (Lipinski definition) is 2. The maximum Gasteiger partial charge on any atom is 0.257 e. The molecule has 6 heteroatoms. The second-order valence-corrected chi connectivity index (χ2v) is 8.01. The van der Waals surface area contributed by atoms with Gasteiger partial charge in [-0.2, -0.15) is 0 Å². The number of rotatable bonds is 5. The van der Waals surface area contributed by atoms with Crippen LogP contribution in [0.15, 0.2) is 47.8 Å². The maximum absolute atomic E-state index is 12.5. The standard InChI is InChI=1S/C22H21N3O2S/c1-13-3-10-18(14(2)11-13)19-12-28-22(24-19)25-21(27)16-6-8-17(9-7-16)23-20(26)15-4-5-15/h3,6-12,15H,4-5H2,1-2H3,(H,23,26)(H,24,25,27). The summed E-state index contributed by atoms with van der Waals surface area (Å²) in [4.78, 5) is 28.8. The van der Waals surface area contributed by atoms with Crippen LogP contribution in [0, 0.1) is 19.8 Å². The van der Waals surface area contributed by atoms with E-state index >= 15 is 0 Å². The smallest absolute Gasteiger partial charge is 0.257 e. The van der Waals surface area contributed by atoms with Crippen molar-refractivity contribution in [3.8, 4) is 11.3 Å². The van der Waals surface area contributed by atoms with E-state index in [1.54, 1.807) is 24.3 Å². The number of hydrogen-bond acceptors (Lipinski definition) is 4. The van der Waals surface area contributed by atoms with Gasteiger partial charge in [-0.1, -0.05) is 23.8 Å². The molecular weight excluding hydrogens is 370 g/mol. The van der Waals surface area contributed by atoms with Crippen LogP contribution < -0.4 is 10.6 Å². The molecule has 2 aromatic carbocycles. The highest BCUT2D eigenvalue weighted by molar-refractivity contribution is 7.14. The summed E-state index contributed by atoms with van der Waals surface area (Å²) < 4.78 is 0. The van der Waals surface area contributed by atoms with Gasteiger partial charge in [0.15, 0.2) is 5.13 Å². The van der Waals surface area contributed by atoms with Crippen LogP contribution in [0.2, 0.25) is 0 Å². The molecule has 1 aliphatic rings. The first-order valence-corrected chi connectivity index (χ1v) is 10.1. The van der Waals surface area contributed by atoms with Gasteiger partial charge in [-0.3, -0.25) is 14.9 Å². The van der Waals surface area contributed by atoms with Crippen LogP contribution in [-0.4, -0.2) is 16.8 Å². The molecule has 2 N–H and O–H groups in total. The fraction of sp³-hybridized carbons (Fsp3) is 0.227. The fourth-order valence-corrected chi connectivity index (χ4v) is 3.73. The van der Waals surface area contributed by atoms with Crippen molar-refractivity contribution in [2.24, 2.45) is 5.92 Å². The van der Waals surface area contributed by atoms with Crippen LogP contribution in [0.25, 0.3) is 11.3 Å². The lowest BCUT2D eigenvalue weighted by Gasteiger charge is -2.06. The third-order valence-electron chi connectivity index (χ3n) is 4.75. The normalized spacial score (nSPS) is 13.2. The molecule has 4 rings (SSSR count). The topological polar surface area (TPSA) is 71.1 Å². The number of aryl methyl sites for hydroxylation is 2. The molecule has 142 valence electrons. The molecule has 1 saturated carbocycles. The van der Waals surface area contributed by atoms with E-state index in [1.807, 2.05) is 5.38 Å². The molecule has 0 aliphatic heterocycles. The van der Waals surface area contributed by atoms with Crippen molar-refractivity contribution in [1.82, 2.24) is 4.98 Å². The van der Waals surface area contributed by atoms with Crippen LogP contribution in [0.3, 0.4) is 0 Å². The number of aromatic nitrogens is 1. The van der Waals surface area contributed by atoms with Crippen LogP contribution in [0.5, 0.6) is 0 Å². The van der Waals surface area contributed by atoms with Crippen molar-refractivity contribution in [2.45, 2.75) is 26.7 Å². The Morgan fingerprint density at radius 2 is 1.79 bits per heavy atom. The number of carbonyl (C=O) groups is 2. The van der Waals surface area contributed by atoms with E-state index in [9.17, 15) is 9.59 Å². The quantitative estimate of drug-likeness (QED) is 0.641. The summed E-state index contributed by atoms with van der Waals surface area (Å²) in [5.41, 5.74) is 5.52. The number of carbonyl (C=O) groups excluding carboxylic acids is 2. The van der Waals surface area contributed by atoms with Gasteiger partial charge < -0.3 is 5.32 Å². The zero-order valence-electron chi connectivity index (χ0n) is 15.8. The summed E-state index contributed by atoms with van der Waals surface area (Å²) in [5.74, 6) is -0.0141. The highest BCUT2D eigenvalue weighted by Gasteiger charge is 2.29. The van der Waals surface area contributed by atoms with Gasteiger partial charge in [0.25, 0.3) is 5.91 Å². The number of nitrogens with one attached hydrogen (secondary N) is 2. The minimum atomic E-state index is -0.221. The van der Waals surface area contributed by atoms with E-state index in [1.165, 1.54) is 16.9 Å². The van der Waals surface area contributed by atoms with Crippen molar-refractivity contribution in [3.05, 3.63) is 64.5 Å². The molecular formula is C22H21N3O2S. The van der Waals surface area contributed by atoms with E-state index < -0.39 is 0 Å². The Morgan fingerprint density at radius 1 is 1.04 bits per heavy atom. The molecule has 2 amide bonds. The van der Waals surface area contributed by atoms with E-state index in [-0.39, 0.29) is 17.7 Å². The molecule has 0 bridgehead atoms. The Balaban J connectivity index is 1.42. The zero-order chi connectivity index (χ0) is 19.7. The van der Waals surface area contributed by atoms with E-state index in [0.29, 0.717) is 16.4 Å². The SMILES string of the molecule is Cc1ccc(-c2csc(NC(=O)c3ccc(NC(=O)C4CC4)cc3)n2)c(C)c1. The summed E-state index contributed by atoms with van der Waals surface area (Å²) in [5, 5.41) is 8.23. The molecule has 0 saturated heterocycles. The number of anilines is 2. The van der Waals surface area contributed by atoms with Crippen molar-refractivity contribution in [2.75, 3.05) is 10.6 Å². The number of amides is 2.